The SMILES string of the molecule is CCCNC(=O)C1COCCN1Cc1cc(N)ccc1Cl. The lowest BCUT2D eigenvalue weighted by Crippen LogP contribution is -2.53. The lowest BCUT2D eigenvalue weighted by Gasteiger charge is -2.34. The smallest absolute Gasteiger partial charge is 0.239 e. The summed E-state index contributed by atoms with van der Waals surface area (Å²) in [6, 6.07) is 5.15. The zero-order valence-corrected chi connectivity index (χ0v) is 13.0. The first kappa shape index (κ1) is 16.1. The van der Waals surface area contributed by atoms with E-state index in [-0.39, 0.29) is 11.9 Å². The Morgan fingerprint density at radius 2 is 2.38 bits per heavy atom. The van der Waals surface area contributed by atoms with Crippen molar-refractivity contribution in [3.05, 3.63) is 28.8 Å². The summed E-state index contributed by atoms with van der Waals surface area (Å²) in [4.78, 5) is 14.3. The molecule has 116 valence electrons. The van der Waals surface area contributed by atoms with Crippen molar-refractivity contribution in [3.63, 3.8) is 0 Å². The largest absolute Gasteiger partial charge is 0.399 e. The Hall–Kier alpha value is -1.30. The van der Waals surface area contributed by atoms with Gasteiger partial charge in [-0.15, -0.1) is 0 Å². The van der Waals surface area contributed by atoms with Crippen LogP contribution in [0.5, 0.6) is 0 Å². The van der Waals surface area contributed by atoms with Gasteiger partial charge in [-0.3, -0.25) is 9.69 Å². The van der Waals surface area contributed by atoms with Gasteiger partial charge in [0.25, 0.3) is 0 Å². The van der Waals surface area contributed by atoms with E-state index in [2.05, 4.69) is 10.2 Å². The summed E-state index contributed by atoms with van der Waals surface area (Å²) in [5, 5.41) is 3.60. The Balaban J connectivity index is 2.08. The van der Waals surface area contributed by atoms with Gasteiger partial charge < -0.3 is 15.8 Å². The molecular weight excluding hydrogens is 290 g/mol. The lowest BCUT2D eigenvalue weighted by molar-refractivity contribution is -0.132. The second kappa shape index (κ2) is 7.64. The number of rotatable bonds is 5. The first-order valence-corrected chi connectivity index (χ1v) is 7.63. The van der Waals surface area contributed by atoms with E-state index in [1.165, 1.54) is 0 Å². The fourth-order valence-corrected chi connectivity index (χ4v) is 2.55. The van der Waals surface area contributed by atoms with Crippen LogP contribution in [-0.2, 0) is 16.1 Å². The van der Waals surface area contributed by atoms with Gasteiger partial charge in [-0.1, -0.05) is 18.5 Å². The highest BCUT2D eigenvalue weighted by Gasteiger charge is 2.29. The Kier molecular flexibility index (Phi) is 5.85. The minimum Gasteiger partial charge on any atom is -0.399 e. The second-order valence-electron chi connectivity index (χ2n) is 5.20. The van der Waals surface area contributed by atoms with Crippen molar-refractivity contribution >= 4 is 23.2 Å². The molecular formula is C15H22ClN3O2. The molecule has 0 spiro atoms. The van der Waals surface area contributed by atoms with Gasteiger partial charge in [0.1, 0.15) is 6.04 Å². The Bertz CT molecular complexity index is 496. The Morgan fingerprint density at radius 3 is 3.14 bits per heavy atom. The molecule has 1 saturated heterocycles. The third-order valence-electron chi connectivity index (χ3n) is 3.53. The van der Waals surface area contributed by atoms with Crippen LogP contribution < -0.4 is 11.1 Å². The molecule has 0 bridgehead atoms. The quantitative estimate of drug-likeness (QED) is 0.811. The van der Waals surface area contributed by atoms with Gasteiger partial charge in [0, 0.05) is 30.3 Å². The van der Waals surface area contributed by atoms with E-state index < -0.39 is 0 Å². The molecule has 3 N–H and O–H groups in total. The number of anilines is 1. The Morgan fingerprint density at radius 1 is 1.57 bits per heavy atom. The summed E-state index contributed by atoms with van der Waals surface area (Å²) in [6.45, 7) is 5.05. The fraction of sp³-hybridized carbons (Fsp3) is 0.533. The monoisotopic (exact) mass is 311 g/mol. The molecule has 1 fully saturated rings. The van der Waals surface area contributed by atoms with Gasteiger partial charge in [0.05, 0.1) is 13.2 Å². The number of nitrogen functional groups attached to an aromatic ring is 1. The molecule has 1 amide bonds. The number of nitrogens with one attached hydrogen (secondary N) is 1. The number of halogens is 1. The molecule has 0 aromatic heterocycles. The van der Waals surface area contributed by atoms with Crippen LogP contribution in [0.25, 0.3) is 0 Å². The lowest BCUT2D eigenvalue weighted by atomic mass is 10.1. The van der Waals surface area contributed by atoms with Gasteiger partial charge in [-0.2, -0.15) is 0 Å². The van der Waals surface area contributed by atoms with Crippen LogP contribution in [0.2, 0.25) is 5.02 Å². The maximum Gasteiger partial charge on any atom is 0.239 e. The summed E-state index contributed by atoms with van der Waals surface area (Å²) in [6.07, 6.45) is 0.917. The summed E-state index contributed by atoms with van der Waals surface area (Å²) in [5.41, 5.74) is 7.42. The van der Waals surface area contributed by atoms with Crippen LogP contribution in [0.4, 0.5) is 5.69 Å². The van der Waals surface area contributed by atoms with Crippen molar-refractivity contribution in [1.29, 1.82) is 0 Å². The first-order chi connectivity index (χ1) is 10.1. The van der Waals surface area contributed by atoms with E-state index in [0.717, 1.165) is 12.0 Å². The molecule has 0 saturated carbocycles. The van der Waals surface area contributed by atoms with E-state index >= 15 is 0 Å². The third-order valence-corrected chi connectivity index (χ3v) is 3.90. The predicted octanol–water partition coefficient (Wildman–Crippen LogP) is 1.65. The number of benzene rings is 1. The zero-order chi connectivity index (χ0) is 15.2. The molecule has 1 aliphatic heterocycles. The standard InChI is InChI=1S/C15H22ClN3O2/c1-2-5-18-15(20)14-10-21-7-6-19(14)9-11-8-12(17)3-4-13(11)16/h3-4,8,14H,2,5-7,9-10,17H2,1H3,(H,18,20). The van der Waals surface area contributed by atoms with E-state index in [4.69, 9.17) is 22.1 Å². The molecule has 6 heteroatoms. The molecule has 2 rings (SSSR count). The van der Waals surface area contributed by atoms with Gasteiger partial charge in [-0.25, -0.2) is 0 Å². The van der Waals surface area contributed by atoms with Crippen LogP contribution in [0.3, 0.4) is 0 Å². The molecule has 1 aromatic rings. The molecule has 1 aliphatic rings. The summed E-state index contributed by atoms with van der Waals surface area (Å²) >= 11 is 6.21. The second-order valence-corrected chi connectivity index (χ2v) is 5.61. The maximum absolute atomic E-state index is 12.2. The number of carbonyl (C=O) groups excluding carboxylic acids is 1. The summed E-state index contributed by atoms with van der Waals surface area (Å²) in [5.74, 6) is 0.0107. The van der Waals surface area contributed by atoms with E-state index in [0.29, 0.717) is 43.6 Å². The highest BCUT2D eigenvalue weighted by molar-refractivity contribution is 6.31. The summed E-state index contributed by atoms with van der Waals surface area (Å²) < 4.78 is 5.44. The van der Waals surface area contributed by atoms with Gasteiger partial charge in [-0.05, 0) is 30.2 Å². The molecule has 1 atom stereocenters. The van der Waals surface area contributed by atoms with E-state index in [1.807, 2.05) is 13.0 Å². The van der Waals surface area contributed by atoms with Gasteiger partial charge >= 0.3 is 0 Å². The van der Waals surface area contributed by atoms with Crippen molar-refractivity contribution in [1.82, 2.24) is 10.2 Å². The van der Waals surface area contributed by atoms with E-state index in [1.54, 1.807) is 12.1 Å². The molecule has 1 aromatic carbocycles. The average Bonchev–Trinajstić information content (AvgIpc) is 2.49. The predicted molar refractivity (Wildman–Crippen MR) is 84.2 cm³/mol. The average molecular weight is 312 g/mol. The molecule has 1 heterocycles. The van der Waals surface area contributed by atoms with Gasteiger partial charge in [0.15, 0.2) is 0 Å². The molecule has 0 aliphatic carbocycles. The molecule has 21 heavy (non-hydrogen) atoms. The maximum atomic E-state index is 12.2. The number of amides is 1. The van der Waals surface area contributed by atoms with Crippen molar-refractivity contribution < 1.29 is 9.53 Å². The minimum absolute atomic E-state index is 0.0107. The number of ether oxygens (including phenoxy) is 1. The van der Waals surface area contributed by atoms with Crippen LogP contribution in [0.15, 0.2) is 18.2 Å². The topological polar surface area (TPSA) is 67.6 Å². The number of carbonyl (C=O) groups is 1. The van der Waals surface area contributed by atoms with Gasteiger partial charge in [0.2, 0.25) is 5.91 Å². The number of nitrogens with two attached hydrogens (primary N) is 1. The Labute approximate surface area is 130 Å². The van der Waals surface area contributed by atoms with E-state index in [9.17, 15) is 4.79 Å². The number of hydrogen-bond donors (Lipinski definition) is 2. The summed E-state index contributed by atoms with van der Waals surface area (Å²) in [7, 11) is 0. The minimum atomic E-state index is -0.275. The van der Waals surface area contributed by atoms with Crippen LogP contribution >= 0.6 is 11.6 Å². The number of hydrogen-bond acceptors (Lipinski definition) is 4. The van der Waals surface area contributed by atoms with Crippen LogP contribution in [0.1, 0.15) is 18.9 Å². The molecule has 0 radical (unpaired) electrons. The molecule has 5 nitrogen and oxygen atoms in total. The van der Waals surface area contributed by atoms with Crippen molar-refractivity contribution in [3.8, 4) is 0 Å². The third kappa shape index (κ3) is 4.33. The number of nitrogens with zero attached hydrogens (tertiary/aromatic N) is 1. The molecule has 1 unspecified atom stereocenters. The zero-order valence-electron chi connectivity index (χ0n) is 12.3. The van der Waals surface area contributed by atoms with Crippen LogP contribution in [-0.4, -0.2) is 43.2 Å². The van der Waals surface area contributed by atoms with Crippen molar-refractivity contribution in [2.75, 3.05) is 32.0 Å². The van der Waals surface area contributed by atoms with Crippen LogP contribution in [0, 0.1) is 0 Å². The highest BCUT2D eigenvalue weighted by atomic mass is 35.5. The van der Waals surface area contributed by atoms with Crippen molar-refractivity contribution in [2.45, 2.75) is 25.9 Å². The first-order valence-electron chi connectivity index (χ1n) is 7.25. The number of morpholine rings is 1. The highest BCUT2D eigenvalue weighted by Crippen LogP contribution is 2.22. The van der Waals surface area contributed by atoms with Crippen molar-refractivity contribution in [2.24, 2.45) is 0 Å². The normalized spacial score (nSPS) is 19.4. The fourth-order valence-electron chi connectivity index (χ4n) is 2.37.